The molecule has 0 aromatic rings. The first-order valence-electron chi connectivity index (χ1n) is 6.08. The third-order valence-electron chi connectivity index (χ3n) is 2.63. The van der Waals surface area contributed by atoms with Crippen LogP contribution >= 0.6 is 7.60 Å². The van der Waals surface area contributed by atoms with Crippen LogP contribution < -0.4 is 0 Å². The van der Waals surface area contributed by atoms with E-state index in [4.69, 9.17) is 14.2 Å². The topological polar surface area (TPSA) is 76.1 Å². The Bertz CT molecular complexity index is 348. The van der Waals surface area contributed by atoms with E-state index in [0.717, 1.165) is 5.57 Å². The molecule has 1 rings (SSSR count). The second-order valence-corrected chi connectivity index (χ2v) is 5.79. The van der Waals surface area contributed by atoms with Gasteiger partial charge in [-0.3, -0.25) is 4.57 Å². The first kappa shape index (κ1) is 15.2. The van der Waals surface area contributed by atoms with Crippen molar-refractivity contribution in [3.63, 3.8) is 0 Å². The Morgan fingerprint density at radius 3 is 2.22 bits per heavy atom. The van der Waals surface area contributed by atoms with E-state index in [2.05, 4.69) is 0 Å². The lowest BCUT2D eigenvalue weighted by molar-refractivity contribution is 0.141. The van der Waals surface area contributed by atoms with Crippen molar-refractivity contribution in [1.82, 2.24) is 4.90 Å². The van der Waals surface area contributed by atoms with Crippen molar-refractivity contribution in [1.29, 1.82) is 0 Å². The summed E-state index contributed by atoms with van der Waals surface area (Å²) in [6, 6.07) is 0. The lowest BCUT2D eigenvalue weighted by Gasteiger charge is -2.26. The minimum atomic E-state index is -3.16. The zero-order chi connectivity index (χ0) is 13.6. The Balaban J connectivity index is 2.66. The molecule has 104 valence electrons. The van der Waals surface area contributed by atoms with Crippen LogP contribution in [0, 0.1) is 0 Å². The van der Waals surface area contributed by atoms with E-state index in [0.29, 0.717) is 39.1 Å². The van der Waals surface area contributed by atoms with Crippen LogP contribution in [0.4, 0.5) is 4.79 Å². The Morgan fingerprint density at radius 2 is 1.83 bits per heavy atom. The number of piperidine rings is 1. The monoisotopic (exact) mass is 277 g/mol. The highest BCUT2D eigenvalue weighted by molar-refractivity contribution is 7.57. The molecule has 0 saturated carbocycles. The summed E-state index contributed by atoms with van der Waals surface area (Å²) in [5.41, 5.74) is 0.942. The lowest BCUT2D eigenvalue weighted by atomic mass is 10.1. The van der Waals surface area contributed by atoms with Crippen molar-refractivity contribution in [2.45, 2.75) is 26.7 Å². The van der Waals surface area contributed by atoms with Gasteiger partial charge in [-0.25, -0.2) is 4.79 Å². The number of likely N-dealkylation sites (tertiary alicyclic amines) is 1. The molecular weight excluding hydrogens is 257 g/mol. The fraction of sp³-hybridized carbons (Fsp3) is 0.727. The molecule has 0 radical (unpaired) electrons. The molecule has 1 heterocycles. The number of hydrogen-bond donors (Lipinski definition) is 1. The van der Waals surface area contributed by atoms with Crippen LogP contribution in [0.1, 0.15) is 26.7 Å². The second kappa shape index (κ2) is 6.92. The Morgan fingerprint density at radius 1 is 1.33 bits per heavy atom. The third-order valence-corrected chi connectivity index (χ3v) is 4.55. The number of hydrogen-bond acceptors (Lipinski definition) is 4. The highest BCUT2D eigenvalue weighted by Gasteiger charge is 2.24. The van der Waals surface area contributed by atoms with Crippen molar-refractivity contribution in [3.8, 4) is 0 Å². The van der Waals surface area contributed by atoms with E-state index in [1.807, 2.05) is 0 Å². The molecule has 1 aliphatic heterocycles. The molecule has 1 aliphatic rings. The van der Waals surface area contributed by atoms with Gasteiger partial charge in [-0.05, 0) is 26.7 Å². The van der Waals surface area contributed by atoms with Gasteiger partial charge in [-0.1, -0.05) is 5.57 Å². The Hall–Kier alpha value is -0.840. The molecule has 1 fully saturated rings. The normalized spacial score (nSPS) is 16.8. The molecule has 1 amide bonds. The second-order valence-electron chi connectivity index (χ2n) is 3.93. The minimum Gasteiger partial charge on any atom is -0.465 e. The number of carbonyl (C=O) groups is 1. The smallest absolute Gasteiger partial charge is 0.407 e. The van der Waals surface area contributed by atoms with Crippen LogP contribution in [0.3, 0.4) is 0 Å². The van der Waals surface area contributed by atoms with Crippen LogP contribution in [0.5, 0.6) is 0 Å². The molecule has 6 nitrogen and oxygen atoms in total. The van der Waals surface area contributed by atoms with E-state index >= 15 is 0 Å². The van der Waals surface area contributed by atoms with Gasteiger partial charge in [0.2, 0.25) is 0 Å². The van der Waals surface area contributed by atoms with Crippen molar-refractivity contribution in [2.24, 2.45) is 0 Å². The SMILES string of the molecule is CCOP(=O)(C=C1CCN(C(=O)O)CC1)OCC. The van der Waals surface area contributed by atoms with Gasteiger partial charge in [-0.15, -0.1) is 0 Å². The maximum atomic E-state index is 12.2. The van der Waals surface area contributed by atoms with Gasteiger partial charge < -0.3 is 19.1 Å². The van der Waals surface area contributed by atoms with Gasteiger partial charge in [0.25, 0.3) is 0 Å². The molecule has 1 saturated heterocycles. The van der Waals surface area contributed by atoms with Gasteiger partial charge in [0.1, 0.15) is 0 Å². The van der Waals surface area contributed by atoms with E-state index < -0.39 is 13.7 Å². The molecule has 0 unspecified atom stereocenters. The molecular formula is C11H20NO5P. The molecule has 1 N–H and O–H groups in total. The molecule has 0 aromatic heterocycles. The third kappa shape index (κ3) is 4.44. The average molecular weight is 277 g/mol. The van der Waals surface area contributed by atoms with E-state index in [1.54, 1.807) is 19.7 Å². The van der Waals surface area contributed by atoms with E-state index in [9.17, 15) is 9.36 Å². The van der Waals surface area contributed by atoms with Crippen molar-refractivity contribution in [3.05, 3.63) is 11.4 Å². The van der Waals surface area contributed by atoms with Crippen molar-refractivity contribution < 1.29 is 23.5 Å². The number of amides is 1. The highest BCUT2D eigenvalue weighted by Crippen LogP contribution is 2.51. The highest BCUT2D eigenvalue weighted by atomic mass is 31.2. The predicted octanol–water partition coefficient (Wildman–Crippen LogP) is 2.91. The summed E-state index contributed by atoms with van der Waals surface area (Å²) in [4.78, 5) is 12.1. The van der Waals surface area contributed by atoms with Gasteiger partial charge >= 0.3 is 13.7 Å². The quantitative estimate of drug-likeness (QED) is 0.782. The summed E-state index contributed by atoms with van der Waals surface area (Å²) in [5, 5.41) is 8.83. The van der Waals surface area contributed by atoms with Crippen LogP contribution in [-0.4, -0.2) is 42.4 Å². The summed E-state index contributed by atoms with van der Waals surface area (Å²) in [6.45, 7) is 5.03. The summed E-state index contributed by atoms with van der Waals surface area (Å²) < 4.78 is 22.6. The van der Waals surface area contributed by atoms with Crippen LogP contribution in [0.25, 0.3) is 0 Å². The van der Waals surface area contributed by atoms with E-state index in [-0.39, 0.29) is 0 Å². The molecule has 0 spiro atoms. The first-order chi connectivity index (χ1) is 8.50. The molecule has 0 aliphatic carbocycles. The van der Waals surface area contributed by atoms with Crippen LogP contribution in [0.2, 0.25) is 0 Å². The van der Waals surface area contributed by atoms with Crippen LogP contribution in [-0.2, 0) is 13.6 Å². The maximum Gasteiger partial charge on any atom is 0.407 e. The summed E-state index contributed by atoms with van der Waals surface area (Å²) in [6.07, 6.45) is 0.249. The molecule has 0 bridgehead atoms. The maximum absolute atomic E-state index is 12.2. The molecule has 0 aromatic carbocycles. The summed E-state index contributed by atoms with van der Waals surface area (Å²) in [7, 11) is -3.16. The van der Waals surface area contributed by atoms with Crippen LogP contribution in [0.15, 0.2) is 11.4 Å². The van der Waals surface area contributed by atoms with Gasteiger partial charge in [-0.2, -0.15) is 0 Å². The minimum absolute atomic E-state index is 0.322. The van der Waals surface area contributed by atoms with Gasteiger partial charge in [0.15, 0.2) is 0 Å². The zero-order valence-electron chi connectivity index (χ0n) is 10.8. The molecule has 7 heteroatoms. The first-order valence-corrected chi connectivity index (χ1v) is 7.69. The Labute approximate surface area is 107 Å². The van der Waals surface area contributed by atoms with E-state index in [1.165, 1.54) is 4.90 Å². The predicted molar refractivity (Wildman–Crippen MR) is 67.8 cm³/mol. The average Bonchev–Trinajstić information content (AvgIpc) is 2.30. The fourth-order valence-electron chi connectivity index (χ4n) is 1.81. The fourth-order valence-corrected chi connectivity index (χ4v) is 3.46. The standard InChI is InChI=1S/C11H20NO5P/c1-3-16-18(15,17-4-2)9-10-5-7-12(8-6-10)11(13)14/h9H,3-8H2,1-2H3,(H,13,14). The summed E-state index contributed by atoms with van der Waals surface area (Å²) in [5.74, 6) is 1.55. The number of rotatable bonds is 5. The lowest BCUT2D eigenvalue weighted by Crippen LogP contribution is -2.35. The zero-order valence-corrected chi connectivity index (χ0v) is 11.7. The summed E-state index contributed by atoms with van der Waals surface area (Å²) >= 11 is 0. The largest absolute Gasteiger partial charge is 0.465 e. The van der Waals surface area contributed by atoms with Gasteiger partial charge in [0, 0.05) is 18.9 Å². The van der Waals surface area contributed by atoms with Crippen molar-refractivity contribution >= 4 is 13.7 Å². The molecule has 0 atom stereocenters. The number of carboxylic acid groups (broad SMARTS) is 1. The van der Waals surface area contributed by atoms with Crippen molar-refractivity contribution in [2.75, 3.05) is 26.3 Å². The van der Waals surface area contributed by atoms with Gasteiger partial charge in [0.05, 0.1) is 13.2 Å². The Kier molecular flexibility index (Phi) is 5.85. The number of nitrogens with zero attached hydrogens (tertiary/aromatic N) is 1. The molecule has 18 heavy (non-hydrogen) atoms.